The van der Waals surface area contributed by atoms with E-state index in [9.17, 15) is 4.79 Å². The first kappa shape index (κ1) is 17.0. The summed E-state index contributed by atoms with van der Waals surface area (Å²) in [5.74, 6) is 0.751. The molecular weight excluding hydrogens is 266 g/mol. The first-order valence-electron chi connectivity index (χ1n) is 7.10. The molecule has 0 aliphatic rings. The molecule has 21 heavy (non-hydrogen) atoms. The zero-order chi connectivity index (χ0) is 15.8. The van der Waals surface area contributed by atoms with Crippen molar-refractivity contribution in [1.82, 2.24) is 10.2 Å². The molecule has 0 heterocycles. The Morgan fingerprint density at radius 2 is 2.00 bits per heavy atom. The molecule has 0 saturated heterocycles. The minimum Gasteiger partial charge on any atom is -0.479 e. The lowest BCUT2D eigenvalue weighted by atomic mass is 10.1. The molecule has 114 valence electrons. The number of carbonyl (C=O) groups excluding carboxylic acids is 1. The topological polar surface area (TPSA) is 65.4 Å². The second-order valence-corrected chi connectivity index (χ2v) is 4.98. The Bertz CT molecular complexity index is 493. The maximum absolute atomic E-state index is 12.0. The van der Waals surface area contributed by atoms with Crippen LogP contribution in [0.25, 0.3) is 0 Å². The standard InChI is InChI=1S/C16H23N3O2/c1-5-19(4)16(20)13(3)18-12(2)14-6-8-15(9-7-14)21-11-10-17/h6-9,12-13,18H,5,11H2,1-4H3. The minimum atomic E-state index is -0.237. The van der Waals surface area contributed by atoms with E-state index in [-0.39, 0.29) is 24.6 Å². The van der Waals surface area contributed by atoms with Gasteiger partial charge in [-0.05, 0) is 38.5 Å². The first-order valence-corrected chi connectivity index (χ1v) is 7.10. The van der Waals surface area contributed by atoms with Crippen LogP contribution in [-0.2, 0) is 4.79 Å². The molecule has 1 aromatic rings. The Balaban J connectivity index is 2.61. The van der Waals surface area contributed by atoms with Crippen molar-refractivity contribution in [3.05, 3.63) is 29.8 Å². The van der Waals surface area contributed by atoms with Gasteiger partial charge in [-0.2, -0.15) is 5.26 Å². The molecule has 5 nitrogen and oxygen atoms in total. The van der Waals surface area contributed by atoms with Crippen LogP contribution >= 0.6 is 0 Å². The molecule has 0 radical (unpaired) electrons. The number of nitrogens with zero attached hydrogens (tertiary/aromatic N) is 2. The molecule has 0 saturated carbocycles. The third-order valence-corrected chi connectivity index (χ3v) is 3.40. The van der Waals surface area contributed by atoms with E-state index in [1.165, 1.54) is 0 Å². The second kappa shape index (κ2) is 8.28. The molecule has 0 aliphatic carbocycles. The van der Waals surface area contributed by atoms with Crippen LogP contribution in [0.2, 0.25) is 0 Å². The van der Waals surface area contributed by atoms with Gasteiger partial charge in [-0.3, -0.25) is 10.1 Å². The number of ether oxygens (including phenoxy) is 1. The highest BCUT2D eigenvalue weighted by Gasteiger charge is 2.18. The fraction of sp³-hybridized carbons (Fsp3) is 0.500. The zero-order valence-corrected chi connectivity index (χ0v) is 13.1. The highest BCUT2D eigenvalue weighted by molar-refractivity contribution is 5.81. The van der Waals surface area contributed by atoms with Gasteiger partial charge in [0.2, 0.25) is 5.91 Å². The SMILES string of the molecule is CCN(C)C(=O)C(C)NC(C)c1ccc(OCC#N)cc1. The van der Waals surface area contributed by atoms with E-state index in [4.69, 9.17) is 10.00 Å². The normalized spacial score (nSPS) is 13.1. The summed E-state index contributed by atoms with van der Waals surface area (Å²) >= 11 is 0. The maximum atomic E-state index is 12.0. The molecule has 0 spiro atoms. The van der Waals surface area contributed by atoms with Gasteiger partial charge in [0.15, 0.2) is 6.61 Å². The minimum absolute atomic E-state index is 0.0437. The van der Waals surface area contributed by atoms with Crippen molar-refractivity contribution in [2.45, 2.75) is 32.9 Å². The summed E-state index contributed by atoms with van der Waals surface area (Å²) in [6, 6.07) is 9.28. The van der Waals surface area contributed by atoms with Gasteiger partial charge in [-0.1, -0.05) is 12.1 Å². The van der Waals surface area contributed by atoms with Crippen molar-refractivity contribution in [3.63, 3.8) is 0 Å². The summed E-state index contributed by atoms with van der Waals surface area (Å²) in [5.41, 5.74) is 1.07. The average Bonchev–Trinajstić information content (AvgIpc) is 2.51. The molecule has 1 N–H and O–H groups in total. The highest BCUT2D eigenvalue weighted by atomic mass is 16.5. The number of hydrogen-bond acceptors (Lipinski definition) is 4. The lowest BCUT2D eigenvalue weighted by Gasteiger charge is -2.24. The number of benzene rings is 1. The summed E-state index contributed by atoms with van der Waals surface area (Å²) in [6.07, 6.45) is 0. The number of amides is 1. The Kier molecular flexibility index (Phi) is 6.70. The van der Waals surface area contributed by atoms with Crippen LogP contribution in [0.15, 0.2) is 24.3 Å². The van der Waals surface area contributed by atoms with Gasteiger partial charge in [0.05, 0.1) is 6.04 Å². The van der Waals surface area contributed by atoms with Crippen LogP contribution in [0, 0.1) is 11.3 Å². The van der Waals surface area contributed by atoms with Crippen molar-refractivity contribution >= 4 is 5.91 Å². The first-order chi connectivity index (χ1) is 9.99. The van der Waals surface area contributed by atoms with Crippen LogP contribution in [0.3, 0.4) is 0 Å². The van der Waals surface area contributed by atoms with Crippen molar-refractivity contribution in [3.8, 4) is 11.8 Å². The molecular formula is C16H23N3O2. The van der Waals surface area contributed by atoms with E-state index < -0.39 is 0 Å². The molecule has 0 bridgehead atoms. The summed E-state index contributed by atoms with van der Waals surface area (Å²) in [5, 5.41) is 11.8. The van der Waals surface area contributed by atoms with E-state index in [0.29, 0.717) is 12.3 Å². The number of carbonyl (C=O) groups is 1. The lowest BCUT2D eigenvalue weighted by molar-refractivity contribution is -0.131. The second-order valence-electron chi connectivity index (χ2n) is 4.98. The summed E-state index contributed by atoms with van der Waals surface area (Å²) in [6.45, 7) is 6.58. The monoisotopic (exact) mass is 289 g/mol. The van der Waals surface area contributed by atoms with Crippen LogP contribution in [-0.4, -0.2) is 37.0 Å². The van der Waals surface area contributed by atoms with Crippen LogP contribution in [0.5, 0.6) is 5.75 Å². The largest absolute Gasteiger partial charge is 0.479 e. The molecule has 1 amide bonds. The molecule has 0 aromatic heterocycles. The zero-order valence-electron chi connectivity index (χ0n) is 13.1. The van der Waals surface area contributed by atoms with Crippen molar-refractivity contribution in [1.29, 1.82) is 5.26 Å². The van der Waals surface area contributed by atoms with Gasteiger partial charge in [-0.25, -0.2) is 0 Å². The number of rotatable bonds is 7. The Labute approximate surface area is 126 Å². The van der Waals surface area contributed by atoms with Crippen LogP contribution < -0.4 is 10.1 Å². The third kappa shape index (κ3) is 5.09. The number of hydrogen-bond donors (Lipinski definition) is 1. The third-order valence-electron chi connectivity index (χ3n) is 3.40. The van der Waals surface area contributed by atoms with Crippen LogP contribution in [0.4, 0.5) is 0 Å². The van der Waals surface area contributed by atoms with Crippen molar-refractivity contribution < 1.29 is 9.53 Å². The lowest BCUT2D eigenvalue weighted by Crippen LogP contribution is -2.43. The van der Waals surface area contributed by atoms with Gasteiger partial charge in [0, 0.05) is 19.6 Å². The molecule has 2 unspecified atom stereocenters. The highest BCUT2D eigenvalue weighted by Crippen LogP contribution is 2.18. The summed E-state index contributed by atoms with van der Waals surface area (Å²) < 4.78 is 5.21. The Morgan fingerprint density at radius 1 is 1.38 bits per heavy atom. The predicted molar refractivity (Wildman–Crippen MR) is 81.9 cm³/mol. The predicted octanol–water partition coefficient (Wildman–Crippen LogP) is 2.11. The van der Waals surface area contributed by atoms with Crippen LogP contribution in [0.1, 0.15) is 32.4 Å². The number of nitriles is 1. The quantitative estimate of drug-likeness (QED) is 0.835. The fourth-order valence-corrected chi connectivity index (χ4v) is 2.00. The van der Waals surface area contributed by atoms with Gasteiger partial charge < -0.3 is 9.64 Å². The number of nitrogens with one attached hydrogen (secondary N) is 1. The molecule has 0 aliphatic heterocycles. The maximum Gasteiger partial charge on any atom is 0.239 e. The molecule has 5 heteroatoms. The van der Waals surface area contributed by atoms with E-state index >= 15 is 0 Å². The molecule has 1 aromatic carbocycles. The van der Waals surface area contributed by atoms with E-state index in [0.717, 1.165) is 5.56 Å². The molecule has 0 fully saturated rings. The Morgan fingerprint density at radius 3 is 2.52 bits per heavy atom. The van der Waals surface area contributed by atoms with E-state index in [1.54, 1.807) is 11.9 Å². The van der Waals surface area contributed by atoms with Gasteiger partial charge >= 0.3 is 0 Å². The van der Waals surface area contributed by atoms with Gasteiger partial charge in [0.25, 0.3) is 0 Å². The Hall–Kier alpha value is -2.06. The van der Waals surface area contributed by atoms with Crippen molar-refractivity contribution in [2.24, 2.45) is 0 Å². The summed E-state index contributed by atoms with van der Waals surface area (Å²) in [4.78, 5) is 13.7. The van der Waals surface area contributed by atoms with Gasteiger partial charge in [0.1, 0.15) is 11.8 Å². The van der Waals surface area contributed by atoms with E-state index in [2.05, 4.69) is 5.32 Å². The molecule has 2 atom stereocenters. The number of likely N-dealkylation sites (N-methyl/N-ethyl adjacent to an activating group) is 1. The smallest absolute Gasteiger partial charge is 0.239 e. The molecule has 1 rings (SSSR count). The van der Waals surface area contributed by atoms with E-state index in [1.807, 2.05) is 51.1 Å². The average molecular weight is 289 g/mol. The van der Waals surface area contributed by atoms with Crippen molar-refractivity contribution in [2.75, 3.05) is 20.2 Å². The fourth-order valence-electron chi connectivity index (χ4n) is 2.00. The summed E-state index contributed by atoms with van der Waals surface area (Å²) in [7, 11) is 1.80. The van der Waals surface area contributed by atoms with Gasteiger partial charge in [-0.15, -0.1) is 0 Å².